The number of hydrogen-bond donors (Lipinski definition) is 1. The van der Waals surface area contributed by atoms with Gasteiger partial charge in [-0.3, -0.25) is 13.8 Å². The largest absolute Gasteiger partial charge is 0.472 e. The van der Waals surface area contributed by atoms with Gasteiger partial charge in [0.05, 0.1) is 34.4 Å². The highest BCUT2D eigenvalue weighted by Crippen LogP contribution is 2.43. The molecule has 0 aromatic carbocycles. The molecule has 228 valence electrons. The van der Waals surface area contributed by atoms with Gasteiger partial charge in [-0.25, -0.2) is 4.57 Å². The van der Waals surface area contributed by atoms with Gasteiger partial charge in [0.2, 0.25) is 0 Å². The minimum absolute atomic E-state index is 0.0905. The van der Waals surface area contributed by atoms with E-state index in [2.05, 4.69) is 6.92 Å². The van der Waals surface area contributed by atoms with Gasteiger partial charge in [0.1, 0.15) is 19.3 Å². The lowest BCUT2D eigenvalue weighted by molar-refractivity contribution is -0.870. The predicted molar refractivity (Wildman–Crippen MR) is 155 cm³/mol. The van der Waals surface area contributed by atoms with Gasteiger partial charge in [-0.1, -0.05) is 104 Å². The van der Waals surface area contributed by atoms with Crippen molar-refractivity contribution >= 4 is 13.8 Å². The van der Waals surface area contributed by atoms with E-state index in [1.54, 1.807) is 0 Å². The van der Waals surface area contributed by atoms with Crippen molar-refractivity contribution in [2.75, 3.05) is 54.1 Å². The summed E-state index contributed by atoms with van der Waals surface area (Å²) < 4.78 is 34.0. The smallest absolute Gasteiger partial charge is 0.457 e. The van der Waals surface area contributed by atoms with E-state index in [0.717, 1.165) is 12.8 Å². The number of phosphoric acid groups is 1. The van der Waals surface area contributed by atoms with Gasteiger partial charge in [-0.15, -0.1) is 0 Å². The number of likely N-dealkylation sites (N-methyl/N-ethyl adjacent to an activating group) is 1. The van der Waals surface area contributed by atoms with Crippen LogP contribution in [-0.2, 0) is 27.9 Å². The topological polar surface area (TPSA) is 91.3 Å². The van der Waals surface area contributed by atoms with Crippen molar-refractivity contribution in [3.8, 4) is 0 Å². The standard InChI is InChI=1S/C29H60NO7P/c1-6-8-9-10-11-12-13-14-15-16-17-18-19-20-21-24-34-26-28(37-29(31)22-7-2)27-36-38(32,33)35-25-23-30(3,4)5/h28H,6-27H2,1-5H3/p+1. The molecular weight excluding hydrogens is 505 g/mol. The average molecular weight is 567 g/mol. The second-order valence-corrected chi connectivity index (χ2v) is 13.0. The third kappa shape index (κ3) is 27.1. The van der Waals surface area contributed by atoms with Crippen molar-refractivity contribution in [1.82, 2.24) is 0 Å². The SMILES string of the molecule is CCCCCCCCCCCCCCCCCOCC(COP(=O)(O)OCC[N+](C)(C)C)OC(=O)CCC. The number of quaternary nitrogens is 1. The fourth-order valence-corrected chi connectivity index (χ4v) is 4.74. The Hall–Kier alpha value is -0.500. The van der Waals surface area contributed by atoms with E-state index >= 15 is 0 Å². The van der Waals surface area contributed by atoms with Crippen LogP contribution in [0.4, 0.5) is 0 Å². The first-order valence-corrected chi connectivity index (χ1v) is 16.8. The Morgan fingerprint density at radius 2 is 1.21 bits per heavy atom. The van der Waals surface area contributed by atoms with Crippen molar-refractivity contribution in [2.45, 2.75) is 129 Å². The molecule has 0 bridgehead atoms. The molecule has 8 nitrogen and oxygen atoms in total. The van der Waals surface area contributed by atoms with E-state index in [-0.39, 0.29) is 32.2 Å². The molecule has 38 heavy (non-hydrogen) atoms. The first-order chi connectivity index (χ1) is 18.1. The zero-order valence-corrected chi connectivity index (χ0v) is 26.3. The third-order valence-electron chi connectivity index (χ3n) is 6.39. The minimum atomic E-state index is -4.23. The summed E-state index contributed by atoms with van der Waals surface area (Å²) in [7, 11) is 1.67. The maximum absolute atomic E-state index is 12.2. The molecule has 0 saturated carbocycles. The highest BCUT2D eigenvalue weighted by Gasteiger charge is 2.26. The number of unbranched alkanes of at least 4 members (excludes halogenated alkanes) is 14. The Kier molecular flexibility index (Phi) is 24.0. The fraction of sp³-hybridized carbons (Fsp3) is 0.966. The zero-order valence-electron chi connectivity index (χ0n) is 25.4. The van der Waals surface area contributed by atoms with Crippen molar-refractivity contribution < 1.29 is 37.3 Å². The highest BCUT2D eigenvalue weighted by molar-refractivity contribution is 7.47. The summed E-state index contributed by atoms with van der Waals surface area (Å²) in [6, 6.07) is 0. The number of rotatable bonds is 28. The number of ether oxygens (including phenoxy) is 2. The molecule has 0 rings (SSSR count). The van der Waals surface area contributed by atoms with Crippen LogP contribution in [0, 0.1) is 0 Å². The summed E-state index contributed by atoms with van der Waals surface area (Å²) in [5, 5.41) is 0. The molecule has 0 aliphatic rings. The van der Waals surface area contributed by atoms with Crippen LogP contribution < -0.4 is 0 Å². The average Bonchev–Trinajstić information content (AvgIpc) is 2.83. The summed E-state index contributed by atoms with van der Waals surface area (Å²) in [5.41, 5.74) is 0. The number of nitrogens with zero attached hydrogens (tertiary/aromatic N) is 1. The lowest BCUT2D eigenvalue weighted by Gasteiger charge is -2.24. The molecule has 0 radical (unpaired) electrons. The Bertz CT molecular complexity index is 598. The van der Waals surface area contributed by atoms with E-state index in [0.29, 0.717) is 24.1 Å². The molecule has 0 aromatic rings. The van der Waals surface area contributed by atoms with Crippen LogP contribution in [0.1, 0.15) is 123 Å². The number of esters is 1. The number of hydrogen-bond acceptors (Lipinski definition) is 6. The first-order valence-electron chi connectivity index (χ1n) is 15.3. The number of phosphoric ester groups is 1. The second kappa shape index (κ2) is 24.3. The van der Waals surface area contributed by atoms with E-state index in [1.807, 2.05) is 28.1 Å². The maximum Gasteiger partial charge on any atom is 0.472 e. The fourth-order valence-electron chi connectivity index (χ4n) is 4.00. The van der Waals surface area contributed by atoms with Gasteiger partial charge in [0, 0.05) is 13.0 Å². The molecular formula is C29H61NO7P+. The number of carbonyl (C=O) groups is 1. The van der Waals surface area contributed by atoms with Gasteiger partial charge in [-0.05, 0) is 12.8 Å². The van der Waals surface area contributed by atoms with Crippen molar-refractivity contribution in [3.05, 3.63) is 0 Å². The van der Waals surface area contributed by atoms with Crippen molar-refractivity contribution in [2.24, 2.45) is 0 Å². The molecule has 2 unspecified atom stereocenters. The van der Waals surface area contributed by atoms with Gasteiger partial charge in [-0.2, -0.15) is 0 Å². The molecule has 2 atom stereocenters. The van der Waals surface area contributed by atoms with Crippen LogP contribution in [0.5, 0.6) is 0 Å². The zero-order chi connectivity index (χ0) is 28.5. The molecule has 9 heteroatoms. The van der Waals surface area contributed by atoms with Crippen LogP contribution in [0.15, 0.2) is 0 Å². The molecule has 0 fully saturated rings. The van der Waals surface area contributed by atoms with Gasteiger partial charge < -0.3 is 18.9 Å². The van der Waals surface area contributed by atoms with E-state index in [9.17, 15) is 14.3 Å². The second-order valence-electron chi connectivity index (χ2n) is 11.5. The van der Waals surface area contributed by atoms with Gasteiger partial charge >= 0.3 is 13.8 Å². The molecule has 0 saturated heterocycles. The Labute approximate surface area is 234 Å². The van der Waals surface area contributed by atoms with Gasteiger partial charge in [0.25, 0.3) is 0 Å². The lowest BCUT2D eigenvalue weighted by atomic mass is 10.0. The van der Waals surface area contributed by atoms with Gasteiger partial charge in [0.15, 0.2) is 0 Å². The van der Waals surface area contributed by atoms with Crippen LogP contribution in [0.25, 0.3) is 0 Å². The van der Waals surface area contributed by atoms with E-state index < -0.39 is 13.9 Å². The number of carbonyl (C=O) groups excluding carboxylic acids is 1. The quantitative estimate of drug-likeness (QED) is 0.0456. The summed E-state index contributed by atoms with van der Waals surface area (Å²) in [6.45, 7) is 5.26. The lowest BCUT2D eigenvalue weighted by Crippen LogP contribution is -2.37. The summed E-state index contributed by atoms with van der Waals surface area (Å²) >= 11 is 0. The Balaban J connectivity index is 3.92. The Morgan fingerprint density at radius 1 is 0.711 bits per heavy atom. The molecule has 0 amide bonds. The molecule has 0 aliphatic carbocycles. The third-order valence-corrected chi connectivity index (χ3v) is 7.37. The first kappa shape index (κ1) is 37.5. The van der Waals surface area contributed by atoms with Crippen LogP contribution in [0.3, 0.4) is 0 Å². The monoisotopic (exact) mass is 566 g/mol. The summed E-state index contributed by atoms with van der Waals surface area (Å²) in [4.78, 5) is 21.9. The molecule has 0 spiro atoms. The summed E-state index contributed by atoms with van der Waals surface area (Å²) in [6.07, 6.45) is 19.8. The molecule has 0 aromatic heterocycles. The molecule has 0 aliphatic heterocycles. The minimum Gasteiger partial charge on any atom is -0.457 e. The van der Waals surface area contributed by atoms with E-state index in [4.69, 9.17) is 18.5 Å². The molecule has 1 N–H and O–H groups in total. The van der Waals surface area contributed by atoms with Crippen molar-refractivity contribution in [1.29, 1.82) is 0 Å². The van der Waals surface area contributed by atoms with Crippen LogP contribution in [0.2, 0.25) is 0 Å². The Morgan fingerprint density at radius 3 is 1.68 bits per heavy atom. The maximum atomic E-state index is 12.2. The highest BCUT2D eigenvalue weighted by atomic mass is 31.2. The summed E-state index contributed by atoms with van der Waals surface area (Å²) in [5.74, 6) is -0.365. The predicted octanol–water partition coefficient (Wildman–Crippen LogP) is 7.43. The van der Waals surface area contributed by atoms with Crippen LogP contribution in [-0.4, -0.2) is 75.6 Å². The van der Waals surface area contributed by atoms with Crippen molar-refractivity contribution in [3.63, 3.8) is 0 Å². The van der Waals surface area contributed by atoms with Crippen LogP contribution >= 0.6 is 7.82 Å². The molecule has 0 heterocycles. The van der Waals surface area contributed by atoms with E-state index in [1.165, 1.54) is 83.5 Å². The normalized spacial score (nSPS) is 14.4.